The van der Waals surface area contributed by atoms with Gasteiger partial charge in [-0.15, -0.1) is 11.3 Å². The summed E-state index contributed by atoms with van der Waals surface area (Å²) >= 11 is 1.11. The zero-order chi connectivity index (χ0) is 20.2. The number of rotatable bonds is 3. The molecule has 7 heteroatoms. The minimum absolute atomic E-state index is 0.168. The van der Waals surface area contributed by atoms with Crippen LogP contribution in [0.3, 0.4) is 0 Å². The van der Waals surface area contributed by atoms with E-state index in [0.717, 1.165) is 43.5 Å². The summed E-state index contributed by atoms with van der Waals surface area (Å²) in [7, 11) is 0. The Morgan fingerprint density at radius 2 is 1.55 bits per heavy atom. The number of alkyl halides is 3. The van der Waals surface area contributed by atoms with Crippen LogP contribution in [-0.2, 0) is 11.2 Å². The second-order valence-electron chi connectivity index (χ2n) is 6.73. The molecule has 144 valence electrons. The highest BCUT2D eigenvalue weighted by Gasteiger charge is 2.38. The molecule has 0 saturated heterocycles. The van der Waals surface area contributed by atoms with Crippen LogP contribution in [-0.4, -0.2) is 21.5 Å². The van der Waals surface area contributed by atoms with E-state index in [4.69, 9.17) is 0 Å². The van der Waals surface area contributed by atoms with E-state index in [-0.39, 0.29) is 5.01 Å². The summed E-state index contributed by atoms with van der Waals surface area (Å²) < 4.78 is 40.5. The van der Waals surface area contributed by atoms with Gasteiger partial charge >= 0.3 is 6.18 Å². The van der Waals surface area contributed by atoms with Crippen molar-refractivity contribution in [3.8, 4) is 5.69 Å². The number of fused-ring (bicyclic) bond motifs is 4. The summed E-state index contributed by atoms with van der Waals surface area (Å²) in [6.07, 6.45) is -5.57. The zero-order valence-corrected chi connectivity index (χ0v) is 15.7. The van der Waals surface area contributed by atoms with Gasteiger partial charge in [0.2, 0.25) is 5.78 Å². The van der Waals surface area contributed by atoms with E-state index in [9.17, 15) is 18.0 Å². The number of ketones is 1. The average Bonchev–Trinajstić information content (AvgIpc) is 3.24. The number of hydrogen-bond acceptors (Lipinski definition) is 3. The minimum Gasteiger partial charge on any atom is -0.309 e. The zero-order valence-electron chi connectivity index (χ0n) is 14.9. The molecule has 0 fully saturated rings. The first-order chi connectivity index (χ1) is 13.9. The SMILES string of the molecule is O=C(Cc1nc2cc(-n3c4ccccc4c4ccccc43)ccc2s1)C(F)(F)F. The second kappa shape index (κ2) is 6.42. The number of Topliss-reactive ketones (excluding diaryl/α,β-unsaturated/α-hetero) is 1. The van der Waals surface area contributed by atoms with Crippen molar-refractivity contribution < 1.29 is 18.0 Å². The molecule has 2 aromatic heterocycles. The van der Waals surface area contributed by atoms with E-state index >= 15 is 0 Å². The predicted molar refractivity (Wildman–Crippen MR) is 109 cm³/mol. The Balaban J connectivity index is 1.65. The monoisotopic (exact) mass is 410 g/mol. The molecule has 3 nitrogen and oxygen atoms in total. The molecule has 5 rings (SSSR count). The van der Waals surface area contributed by atoms with Crippen molar-refractivity contribution in [2.75, 3.05) is 0 Å². The lowest BCUT2D eigenvalue weighted by Gasteiger charge is -2.07. The van der Waals surface area contributed by atoms with Gasteiger partial charge in [-0.3, -0.25) is 4.79 Å². The topological polar surface area (TPSA) is 34.9 Å². The molecular weight excluding hydrogens is 397 g/mol. The van der Waals surface area contributed by atoms with Gasteiger partial charge in [0.25, 0.3) is 0 Å². The third-order valence-corrected chi connectivity index (χ3v) is 5.92. The van der Waals surface area contributed by atoms with Crippen molar-refractivity contribution in [3.05, 3.63) is 71.7 Å². The second-order valence-corrected chi connectivity index (χ2v) is 7.84. The highest BCUT2D eigenvalue weighted by molar-refractivity contribution is 7.18. The number of carbonyl (C=O) groups is 1. The third-order valence-electron chi connectivity index (χ3n) is 4.88. The summed E-state index contributed by atoms with van der Waals surface area (Å²) in [6.45, 7) is 0. The lowest BCUT2D eigenvalue weighted by atomic mass is 10.2. The molecule has 2 heterocycles. The van der Waals surface area contributed by atoms with E-state index < -0.39 is 18.4 Å². The Bertz CT molecular complexity index is 1340. The van der Waals surface area contributed by atoms with Gasteiger partial charge in [0.15, 0.2) is 0 Å². The first-order valence-electron chi connectivity index (χ1n) is 8.90. The maximum atomic E-state index is 12.6. The molecule has 0 unspecified atom stereocenters. The summed E-state index contributed by atoms with van der Waals surface area (Å²) in [5.74, 6) is -1.78. The fourth-order valence-corrected chi connectivity index (χ4v) is 4.56. The highest BCUT2D eigenvalue weighted by atomic mass is 32.1. The van der Waals surface area contributed by atoms with Crippen LogP contribution in [0.4, 0.5) is 13.2 Å². The van der Waals surface area contributed by atoms with E-state index in [1.54, 1.807) is 0 Å². The summed E-state index contributed by atoms with van der Waals surface area (Å²) in [5.41, 5.74) is 3.53. The molecule has 0 aliphatic rings. The molecule has 0 aliphatic carbocycles. The highest BCUT2D eigenvalue weighted by Crippen LogP contribution is 2.33. The molecule has 0 spiro atoms. The van der Waals surface area contributed by atoms with Crippen LogP contribution in [0.5, 0.6) is 0 Å². The molecule has 0 aliphatic heterocycles. The number of para-hydroxylation sites is 2. The van der Waals surface area contributed by atoms with Crippen molar-refractivity contribution >= 4 is 49.1 Å². The number of benzene rings is 3. The maximum Gasteiger partial charge on any atom is 0.450 e. The van der Waals surface area contributed by atoms with Crippen LogP contribution in [0, 0.1) is 0 Å². The lowest BCUT2D eigenvalue weighted by molar-refractivity contribution is -0.170. The molecule has 0 saturated carbocycles. The lowest BCUT2D eigenvalue weighted by Crippen LogP contribution is -2.24. The third kappa shape index (κ3) is 2.98. The van der Waals surface area contributed by atoms with E-state index in [2.05, 4.69) is 21.7 Å². The molecule has 0 amide bonds. The van der Waals surface area contributed by atoms with Gasteiger partial charge in [0.1, 0.15) is 5.01 Å². The van der Waals surface area contributed by atoms with Gasteiger partial charge in [-0.25, -0.2) is 4.98 Å². The fourth-order valence-electron chi connectivity index (χ4n) is 3.62. The summed E-state index contributed by atoms with van der Waals surface area (Å²) in [4.78, 5) is 15.6. The molecule has 0 bridgehead atoms. The summed E-state index contributed by atoms with van der Waals surface area (Å²) in [6, 6.07) is 21.8. The van der Waals surface area contributed by atoms with Gasteiger partial charge in [-0.2, -0.15) is 13.2 Å². The quantitative estimate of drug-likeness (QED) is 0.362. The van der Waals surface area contributed by atoms with Crippen LogP contribution >= 0.6 is 11.3 Å². The van der Waals surface area contributed by atoms with Crippen LogP contribution in [0.2, 0.25) is 0 Å². The largest absolute Gasteiger partial charge is 0.450 e. The Labute approximate surface area is 167 Å². The van der Waals surface area contributed by atoms with Gasteiger partial charge in [0, 0.05) is 16.5 Å². The van der Waals surface area contributed by atoms with Gasteiger partial charge in [0.05, 0.1) is 27.7 Å². The molecule has 3 aromatic carbocycles. The average molecular weight is 410 g/mol. The number of carbonyl (C=O) groups excluding carboxylic acids is 1. The first kappa shape index (κ1) is 17.9. The van der Waals surface area contributed by atoms with Crippen molar-refractivity contribution in [3.63, 3.8) is 0 Å². The van der Waals surface area contributed by atoms with Crippen molar-refractivity contribution in [2.24, 2.45) is 0 Å². The molecule has 5 aromatic rings. The van der Waals surface area contributed by atoms with E-state index in [1.807, 2.05) is 54.6 Å². The van der Waals surface area contributed by atoms with Crippen LogP contribution in [0.15, 0.2) is 66.7 Å². The van der Waals surface area contributed by atoms with E-state index in [1.165, 1.54) is 0 Å². The Kier molecular flexibility index (Phi) is 3.96. The molecule has 0 atom stereocenters. The number of nitrogens with zero attached hydrogens (tertiary/aromatic N) is 2. The Hall–Kier alpha value is -3.19. The maximum absolute atomic E-state index is 12.6. The van der Waals surface area contributed by atoms with Crippen molar-refractivity contribution in [2.45, 2.75) is 12.6 Å². The van der Waals surface area contributed by atoms with Gasteiger partial charge in [-0.1, -0.05) is 36.4 Å². The van der Waals surface area contributed by atoms with Gasteiger partial charge in [-0.05, 0) is 30.3 Å². The van der Waals surface area contributed by atoms with Crippen LogP contribution in [0.1, 0.15) is 5.01 Å². The smallest absolute Gasteiger partial charge is 0.309 e. The van der Waals surface area contributed by atoms with Crippen molar-refractivity contribution in [1.29, 1.82) is 0 Å². The Morgan fingerprint density at radius 3 is 2.17 bits per heavy atom. The standard InChI is InChI=1S/C22H13F3N2OS/c23-22(24,25)20(28)12-21-26-16-11-13(9-10-19(16)29-21)27-17-7-3-1-5-14(17)15-6-2-4-8-18(15)27/h1-11H,12H2. The first-order valence-corrected chi connectivity index (χ1v) is 9.71. The molecule has 29 heavy (non-hydrogen) atoms. The van der Waals surface area contributed by atoms with Crippen LogP contribution < -0.4 is 0 Å². The number of thiazole rings is 1. The molecule has 0 N–H and O–H groups in total. The molecular formula is C22H13F3N2OS. The van der Waals surface area contributed by atoms with E-state index in [0.29, 0.717) is 5.52 Å². The number of hydrogen-bond donors (Lipinski definition) is 0. The summed E-state index contributed by atoms with van der Waals surface area (Å²) in [5, 5.41) is 2.41. The predicted octanol–water partition coefficient (Wildman–Crippen LogP) is 6.07. The van der Waals surface area contributed by atoms with Gasteiger partial charge < -0.3 is 4.57 Å². The van der Waals surface area contributed by atoms with Crippen LogP contribution in [0.25, 0.3) is 37.7 Å². The van der Waals surface area contributed by atoms with Crippen molar-refractivity contribution in [1.82, 2.24) is 9.55 Å². The number of halogens is 3. The molecule has 0 radical (unpaired) electrons. The number of aromatic nitrogens is 2. The minimum atomic E-state index is -4.84. The normalized spacial score (nSPS) is 12.2. The Morgan fingerprint density at radius 1 is 0.931 bits per heavy atom. The fraction of sp³-hybridized carbons (Fsp3) is 0.0909.